The zero-order valence-corrected chi connectivity index (χ0v) is 12.7. The summed E-state index contributed by atoms with van der Waals surface area (Å²) in [5.41, 5.74) is 0.890. The SMILES string of the molecule is CCOC(=O)c1cc(Br)ccc1N1CC(CO)CC1=O. The lowest BCUT2D eigenvalue weighted by atomic mass is 10.1. The Hall–Kier alpha value is -1.40. The topological polar surface area (TPSA) is 66.8 Å². The first kappa shape index (κ1) is 15.0. The molecule has 1 unspecified atom stereocenters. The third-order valence-electron chi connectivity index (χ3n) is 3.21. The Bertz CT molecular complexity index is 532. The van der Waals surface area contributed by atoms with Crippen molar-refractivity contribution in [2.45, 2.75) is 13.3 Å². The first-order valence-electron chi connectivity index (χ1n) is 6.44. The van der Waals surface area contributed by atoms with Crippen LogP contribution in [-0.4, -0.2) is 36.7 Å². The molecular weight excluding hydrogens is 326 g/mol. The third-order valence-corrected chi connectivity index (χ3v) is 3.70. The monoisotopic (exact) mass is 341 g/mol. The van der Waals surface area contributed by atoms with Crippen molar-refractivity contribution < 1.29 is 19.4 Å². The Balaban J connectivity index is 2.36. The lowest BCUT2D eigenvalue weighted by Crippen LogP contribution is -2.27. The van der Waals surface area contributed by atoms with Crippen molar-refractivity contribution >= 4 is 33.5 Å². The molecule has 1 atom stereocenters. The lowest BCUT2D eigenvalue weighted by Gasteiger charge is -2.19. The molecule has 1 saturated heterocycles. The van der Waals surface area contributed by atoms with Crippen molar-refractivity contribution in [2.75, 3.05) is 24.7 Å². The highest BCUT2D eigenvalue weighted by molar-refractivity contribution is 9.10. The van der Waals surface area contributed by atoms with E-state index in [0.29, 0.717) is 24.2 Å². The first-order chi connectivity index (χ1) is 9.56. The number of esters is 1. The number of hydrogen-bond donors (Lipinski definition) is 1. The van der Waals surface area contributed by atoms with E-state index in [1.165, 1.54) is 0 Å². The molecule has 0 aliphatic carbocycles. The van der Waals surface area contributed by atoms with E-state index < -0.39 is 5.97 Å². The predicted octanol–water partition coefficient (Wildman–Crippen LogP) is 1.97. The van der Waals surface area contributed by atoms with Gasteiger partial charge in [-0.2, -0.15) is 0 Å². The molecule has 0 saturated carbocycles. The van der Waals surface area contributed by atoms with Gasteiger partial charge in [0.25, 0.3) is 0 Å². The largest absolute Gasteiger partial charge is 0.462 e. The van der Waals surface area contributed by atoms with E-state index in [1.807, 2.05) is 0 Å². The van der Waals surface area contributed by atoms with E-state index >= 15 is 0 Å². The highest BCUT2D eigenvalue weighted by Gasteiger charge is 2.32. The number of hydrogen-bond acceptors (Lipinski definition) is 4. The maximum absolute atomic E-state index is 12.0. The number of rotatable bonds is 4. The minimum Gasteiger partial charge on any atom is -0.462 e. The van der Waals surface area contributed by atoms with Gasteiger partial charge in [0.15, 0.2) is 0 Å². The summed E-state index contributed by atoms with van der Waals surface area (Å²) in [4.78, 5) is 25.6. The summed E-state index contributed by atoms with van der Waals surface area (Å²) in [5.74, 6) is -0.623. The van der Waals surface area contributed by atoms with Gasteiger partial charge in [-0.1, -0.05) is 15.9 Å². The number of halogens is 1. The summed E-state index contributed by atoms with van der Waals surface area (Å²) in [6.07, 6.45) is 0.300. The van der Waals surface area contributed by atoms with Crippen LogP contribution in [0, 0.1) is 5.92 Å². The average molecular weight is 342 g/mol. The number of amides is 1. The molecule has 0 bridgehead atoms. The molecule has 1 aromatic rings. The van der Waals surface area contributed by atoms with Crippen molar-refractivity contribution in [3.8, 4) is 0 Å². The Labute approximate surface area is 125 Å². The second-order valence-corrected chi connectivity index (χ2v) is 5.55. The number of aliphatic hydroxyl groups is 1. The van der Waals surface area contributed by atoms with Crippen LogP contribution < -0.4 is 4.90 Å². The van der Waals surface area contributed by atoms with Crippen molar-refractivity contribution in [1.82, 2.24) is 0 Å². The molecule has 0 radical (unpaired) electrons. The second-order valence-electron chi connectivity index (χ2n) is 4.64. The van der Waals surface area contributed by atoms with Crippen molar-refractivity contribution in [3.05, 3.63) is 28.2 Å². The van der Waals surface area contributed by atoms with E-state index in [0.717, 1.165) is 4.47 Å². The zero-order chi connectivity index (χ0) is 14.7. The Kier molecular flexibility index (Phi) is 4.77. The van der Waals surface area contributed by atoms with Gasteiger partial charge < -0.3 is 14.7 Å². The molecule has 6 heteroatoms. The summed E-state index contributed by atoms with van der Waals surface area (Å²) < 4.78 is 5.77. The van der Waals surface area contributed by atoms with Crippen LogP contribution >= 0.6 is 15.9 Å². The smallest absolute Gasteiger partial charge is 0.340 e. The highest BCUT2D eigenvalue weighted by Crippen LogP contribution is 2.30. The zero-order valence-electron chi connectivity index (χ0n) is 11.1. The molecule has 1 fully saturated rings. The minimum atomic E-state index is -0.455. The maximum Gasteiger partial charge on any atom is 0.340 e. The third kappa shape index (κ3) is 3.02. The molecule has 1 N–H and O–H groups in total. The molecule has 1 aliphatic heterocycles. The summed E-state index contributed by atoms with van der Waals surface area (Å²) in [5, 5.41) is 9.18. The van der Waals surface area contributed by atoms with Crippen molar-refractivity contribution in [3.63, 3.8) is 0 Å². The molecule has 20 heavy (non-hydrogen) atoms. The number of nitrogens with zero attached hydrogens (tertiary/aromatic N) is 1. The van der Waals surface area contributed by atoms with Crippen LogP contribution in [0.15, 0.2) is 22.7 Å². The molecule has 0 aromatic heterocycles. The predicted molar refractivity (Wildman–Crippen MR) is 77.6 cm³/mol. The molecule has 0 spiro atoms. The van der Waals surface area contributed by atoms with Crippen LogP contribution in [0.2, 0.25) is 0 Å². The van der Waals surface area contributed by atoms with Crippen molar-refractivity contribution in [2.24, 2.45) is 5.92 Å². The van der Waals surface area contributed by atoms with E-state index in [1.54, 1.807) is 30.0 Å². The van der Waals surface area contributed by atoms with Gasteiger partial charge >= 0.3 is 5.97 Å². The summed E-state index contributed by atoms with van der Waals surface area (Å²) in [6.45, 7) is 2.40. The first-order valence-corrected chi connectivity index (χ1v) is 7.24. The van der Waals surface area contributed by atoms with Gasteiger partial charge in [0, 0.05) is 30.0 Å². The fourth-order valence-corrected chi connectivity index (χ4v) is 2.61. The normalized spacial score (nSPS) is 18.4. The molecule has 1 aliphatic rings. The number of benzene rings is 1. The number of anilines is 1. The van der Waals surface area contributed by atoms with Crippen LogP contribution in [0.4, 0.5) is 5.69 Å². The lowest BCUT2D eigenvalue weighted by molar-refractivity contribution is -0.117. The summed E-state index contributed by atoms with van der Waals surface area (Å²) >= 11 is 3.31. The quantitative estimate of drug-likeness (QED) is 0.850. The molecule has 2 rings (SSSR count). The number of ether oxygens (including phenoxy) is 1. The maximum atomic E-state index is 12.0. The standard InChI is InChI=1S/C14H16BrNO4/c1-2-20-14(19)11-6-10(15)3-4-12(11)16-7-9(8-17)5-13(16)18/h3-4,6,9,17H,2,5,7-8H2,1H3. The van der Waals surface area contributed by atoms with E-state index in [4.69, 9.17) is 4.74 Å². The molecule has 108 valence electrons. The van der Waals surface area contributed by atoms with Crippen LogP contribution in [0.25, 0.3) is 0 Å². The van der Waals surface area contributed by atoms with Gasteiger partial charge in [-0.15, -0.1) is 0 Å². The van der Waals surface area contributed by atoms with E-state index in [9.17, 15) is 14.7 Å². The Morgan fingerprint density at radius 2 is 2.30 bits per heavy atom. The fraction of sp³-hybridized carbons (Fsp3) is 0.429. The van der Waals surface area contributed by atoms with Crippen LogP contribution in [-0.2, 0) is 9.53 Å². The number of aliphatic hydroxyl groups excluding tert-OH is 1. The Morgan fingerprint density at radius 3 is 2.90 bits per heavy atom. The summed E-state index contributed by atoms with van der Waals surface area (Å²) in [6, 6.07) is 5.14. The molecule has 1 amide bonds. The number of carbonyl (C=O) groups excluding carboxylic acids is 2. The van der Waals surface area contributed by atoms with Gasteiger partial charge in [0.05, 0.1) is 17.9 Å². The Morgan fingerprint density at radius 1 is 1.55 bits per heavy atom. The molecule has 5 nitrogen and oxygen atoms in total. The van der Waals surface area contributed by atoms with Crippen molar-refractivity contribution in [1.29, 1.82) is 0 Å². The van der Waals surface area contributed by atoms with Gasteiger partial charge in [-0.05, 0) is 25.1 Å². The van der Waals surface area contributed by atoms with Crippen LogP contribution in [0.5, 0.6) is 0 Å². The van der Waals surface area contributed by atoms with Gasteiger partial charge in [-0.3, -0.25) is 4.79 Å². The minimum absolute atomic E-state index is 0.0342. The fourth-order valence-electron chi connectivity index (χ4n) is 2.25. The van der Waals surface area contributed by atoms with Gasteiger partial charge in [0.1, 0.15) is 0 Å². The molecular formula is C14H16BrNO4. The van der Waals surface area contributed by atoms with Crippen LogP contribution in [0.1, 0.15) is 23.7 Å². The molecule has 1 aromatic carbocycles. The second kappa shape index (κ2) is 6.37. The van der Waals surface area contributed by atoms with E-state index in [2.05, 4.69) is 15.9 Å². The average Bonchev–Trinajstić information content (AvgIpc) is 2.80. The number of carbonyl (C=O) groups is 2. The summed E-state index contributed by atoms with van der Waals surface area (Å²) in [7, 11) is 0. The molecule has 1 heterocycles. The van der Waals surface area contributed by atoms with Gasteiger partial charge in [-0.25, -0.2) is 4.79 Å². The van der Waals surface area contributed by atoms with E-state index in [-0.39, 0.29) is 25.0 Å². The van der Waals surface area contributed by atoms with Crippen LogP contribution in [0.3, 0.4) is 0 Å². The van der Waals surface area contributed by atoms with Gasteiger partial charge in [0.2, 0.25) is 5.91 Å². The highest BCUT2D eigenvalue weighted by atomic mass is 79.9.